The van der Waals surface area contributed by atoms with Crippen molar-refractivity contribution in [3.05, 3.63) is 57.3 Å². The molecule has 1 aromatic heterocycles. The molecule has 0 bridgehead atoms. The molecule has 0 aliphatic carbocycles. The van der Waals surface area contributed by atoms with Crippen molar-refractivity contribution in [1.82, 2.24) is 9.80 Å². The van der Waals surface area contributed by atoms with Gasteiger partial charge in [0.25, 0.3) is 0 Å². The van der Waals surface area contributed by atoms with Crippen molar-refractivity contribution < 1.29 is 9.59 Å². The highest BCUT2D eigenvalue weighted by atomic mass is 32.1. The fraction of sp³-hybridized carbons (Fsp3) is 0.455. The predicted molar refractivity (Wildman–Crippen MR) is 110 cm³/mol. The molecule has 27 heavy (non-hydrogen) atoms. The van der Waals surface area contributed by atoms with Crippen LogP contribution in [0, 0.1) is 6.92 Å². The predicted octanol–water partition coefficient (Wildman–Crippen LogP) is 4.18. The van der Waals surface area contributed by atoms with E-state index in [1.807, 2.05) is 30.9 Å². The molecule has 1 aromatic carbocycles. The van der Waals surface area contributed by atoms with Gasteiger partial charge in [-0.1, -0.05) is 31.2 Å². The highest BCUT2D eigenvalue weighted by Gasteiger charge is 2.34. The number of amides is 2. The molecule has 0 saturated carbocycles. The highest BCUT2D eigenvalue weighted by Crippen LogP contribution is 2.39. The first kappa shape index (κ1) is 19.6. The number of rotatable bonds is 5. The molecule has 1 aliphatic rings. The minimum absolute atomic E-state index is 0.0237. The molecule has 0 N–H and O–H groups in total. The molecule has 5 heteroatoms. The lowest BCUT2D eigenvalue weighted by Crippen LogP contribution is -2.48. The van der Waals surface area contributed by atoms with Crippen molar-refractivity contribution in [3.8, 4) is 0 Å². The zero-order valence-electron chi connectivity index (χ0n) is 16.6. The minimum Gasteiger partial charge on any atom is -0.331 e. The molecule has 144 valence electrons. The lowest BCUT2D eigenvalue weighted by atomic mass is 9.90. The number of hydrogen-bond donors (Lipinski definition) is 0. The van der Waals surface area contributed by atoms with Crippen LogP contribution in [0.5, 0.6) is 0 Å². The fourth-order valence-electron chi connectivity index (χ4n) is 3.85. The van der Waals surface area contributed by atoms with Crippen LogP contribution in [0.2, 0.25) is 0 Å². The van der Waals surface area contributed by atoms with Crippen LogP contribution in [0.3, 0.4) is 0 Å². The second-order valence-electron chi connectivity index (χ2n) is 7.30. The molecule has 4 nitrogen and oxygen atoms in total. The van der Waals surface area contributed by atoms with E-state index in [1.165, 1.54) is 21.6 Å². The first-order chi connectivity index (χ1) is 12.9. The molecular formula is C22H28N2O2S. The molecule has 1 aliphatic heterocycles. The van der Waals surface area contributed by atoms with E-state index in [0.29, 0.717) is 6.54 Å². The van der Waals surface area contributed by atoms with E-state index >= 15 is 0 Å². The van der Waals surface area contributed by atoms with E-state index in [-0.39, 0.29) is 30.4 Å². The third kappa shape index (κ3) is 3.93. The smallest absolute Gasteiger partial charge is 0.243 e. The summed E-state index contributed by atoms with van der Waals surface area (Å²) in [5, 5.41) is 2.12. The molecule has 2 amide bonds. The molecule has 0 radical (unpaired) electrons. The standard InChI is InChI=1S/C22H28N2O2S/c1-5-16(3)24(17(4)25)14-21(26)23-12-10-20-19(11-13-27-20)22(23)18-9-7-6-8-15(18)2/h6-9,11,13,16,22H,5,10,12,14H2,1-4H3. The van der Waals surface area contributed by atoms with Crippen molar-refractivity contribution in [1.29, 1.82) is 0 Å². The number of nitrogens with zero attached hydrogens (tertiary/aromatic N) is 2. The summed E-state index contributed by atoms with van der Waals surface area (Å²) in [5.74, 6) is -0.0195. The number of benzene rings is 1. The van der Waals surface area contributed by atoms with Gasteiger partial charge in [-0.3, -0.25) is 9.59 Å². The maximum absolute atomic E-state index is 13.3. The largest absolute Gasteiger partial charge is 0.331 e. The van der Waals surface area contributed by atoms with Gasteiger partial charge in [0.1, 0.15) is 6.54 Å². The van der Waals surface area contributed by atoms with Crippen LogP contribution in [-0.4, -0.2) is 40.7 Å². The van der Waals surface area contributed by atoms with Gasteiger partial charge in [-0.05, 0) is 54.8 Å². The van der Waals surface area contributed by atoms with Gasteiger partial charge in [0.15, 0.2) is 0 Å². The quantitative estimate of drug-likeness (QED) is 0.776. The Bertz CT molecular complexity index is 829. The normalized spacial score (nSPS) is 17.3. The average molecular weight is 385 g/mol. The molecule has 0 saturated heterocycles. The van der Waals surface area contributed by atoms with E-state index in [2.05, 4.69) is 30.5 Å². The first-order valence-corrected chi connectivity index (χ1v) is 10.5. The van der Waals surface area contributed by atoms with E-state index in [9.17, 15) is 9.59 Å². The average Bonchev–Trinajstić information content (AvgIpc) is 3.13. The molecular weight excluding hydrogens is 356 g/mol. The van der Waals surface area contributed by atoms with Crippen LogP contribution in [0.4, 0.5) is 0 Å². The van der Waals surface area contributed by atoms with Gasteiger partial charge in [0.05, 0.1) is 6.04 Å². The minimum atomic E-state index is -0.0700. The molecule has 0 spiro atoms. The van der Waals surface area contributed by atoms with E-state index < -0.39 is 0 Å². The topological polar surface area (TPSA) is 40.6 Å². The zero-order chi connectivity index (χ0) is 19.6. The Balaban J connectivity index is 1.94. The van der Waals surface area contributed by atoms with Crippen LogP contribution in [0.25, 0.3) is 0 Å². The van der Waals surface area contributed by atoms with Gasteiger partial charge in [-0.15, -0.1) is 11.3 Å². The van der Waals surface area contributed by atoms with Crippen molar-refractivity contribution in [2.45, 2.75) is 52.6 Å². The van der Waals surface area contributed by atoms with Gasteiger partial charge >= 0.3 is 0 Å². The van der Waals surface area contributed by atoms with Gasteiger partial charge in [-0.2, -0.15) is 0 Å². The Labute approximate surface area is 165 Å². The summed E-state index contributed by atoms with van der Waals surface area (Å²) < 4.78 is 0. The summed E-state index contributed by atoms with van der Waals surface area (Å²) in [6.07, 6.45) is 1.72. The van der Waals surface area contributed by atoms with Crippen LogP contribution < -0.4 is 0 Å². The highest BCUT2D eigenvalue weighted by molar-refractivity contribution is 7.10. The first-order valence-electron chi connectivity index (χ1n) is 9.62. The number of carbonyl (C=O) groups is 2. The Hall–Kier alpha value is -2.14. The van der Waals surface area contributed by atoms with Crippen molar-refractivity contribution >= 4 is 23.2 Å². The summed E-state index contributed by atoms with van der Waals surface area (Å²) in [6.45, 7) is 8.52. The third-order valence-electron chi connectivity index (χ3n) is 5.60. The van der Waals surface area contributed by atoms with Gasteiger partial charge < -0.3 is 9.80 Å². The fourth-order valence-corrected chi connectivity index (χ4v) is 4.75. The number of aryl methyl sites for hydroxylation is 1. The molecule has 0 fully saturated rings. The second kappa shape index (κ2) is 8.26. The van der Waals surface area contributed by atoms with Crippen molar-refractivity contribution in [2.75, 3.05) is 13.1 Å². The maximum Gasteiger partial charge on any atom is 0.243 e. The SMILES string of the molecule is CCC(C)N(CC(=O)N1CCc2sccc2C1c1ccccc1C)C(C)=O. The zero-order valence-corrected chi connectivity index (χ0v) is 17.4. The summed E-state index contributed by atoms with van der Waals surface area (Å²) in [5.41, 5.74) is 3.58. The van der Waals surface area contributed by atoms with Crippen LogP contribution in [-0.2, 0) is 16.0 Å². The summed E-state index contributed by atoms with van der Waals surface area (Å²) in [6, 6.07) is 10.4. The Morgan fingerprint density at radius 1 is 1.26 bits per heavy atom. The number of fused-ring (bicyclic) bond motifs is 1. The Morgan fingerprint density at radius 2 is 2.00 bits per heavy atom. The van der Waals surface area contributed by atoms with Crippen LogP contribution >= 0.6 is 11.3 Å². The van der Waals surface area contributed by atoms with Crippen molar-refractivity contribution in [3.63, 3.8) is 0 Å². The van der Waals surface area contributed by atoms with Crippen LogP contribution in [0.1, 0.15) is 54.8 Å². The van der Waals surface area contributed by atoms with Crippen LogP contribution in [0.15, 0.2) is 35.7 Å². The molecule has 2 heterocycles. The number of carbonyl (C=O) groups excluding carboxylic acids is 2. The van der Waals surface area contributed by atoms with Gasteiger partial charge in [0, 0.05) is 24.4 Å². The number of thiophene rings is 1. The molecule has 2 atom stereocenters. The molecule has 2 unspecified atom stereocenters. The van der Waals surface area contributed by atoms with E-state index in [1.54, 1.807) is 23.2 Å². The third-order valence-corrected chi connectivity index (χ3v) is 6.60. The Kier molecular flexibility index (Phi) is 6.00. The monoisotopic (exact) mass is 384 g/mol. The Morgan fingerprint density at radius 3 is 2.67 bits per heavy atom. The summed E-state index contributed by atoms with van der Waals surface area (Å²) in [7, 11) is 0. The van der Waals surface area contributed by atoms with Gasteiger partial charge in [-0.25, -0.2) is 0 Å². The van der Waals surface area contributed by atoms with E-state index in [4.69, 9.17) is 0 Å². The molecule has 3 rings (SSSR count). The van der Waals surface area contributed by atoms with Crippen molar-refractivity contribution in [2.24, 2.45) is 0 Å². The lowest BCUT2D eigenvalue weighted by Gasteiger charge is -2.38. The van der Waals surface area contributed by atoms with Gasteiger partial charge in [0.2, 0.25) is 11.8 Å². The maximum atomic E-state index is 13.3. The van der Waals surface area contributed by atoms with E-state index in [0.717, 1.165) is 12.8 Å². The summed E-state index contributed by atoms with van der Waals surface area (Å²) >= 11 is 1.77. The number of hydrogen-bond acceptors (Lipinski definition) is 3. The second-order valence-corrected chi connectivity index (χ2v) is 8.30. The molecule has 2 aromatic rings. The summed E-state index contributed by atoms with van der Waals surface area (Å²) in [4.78, 5) is 30.4. The lowest BCUT2D eigenvalue weighted by molar-refractivity contribution is -0.142.